The molecule has 0 saturated carbocycles. The second-order valence-corrected chi connectivity index (χ2v) is 4.00. The molecule has 1 N–H and O–H groups in total. The van der Waals surface area contributed by atoms with E-state index in [4.69, 9.17) is 0 Å². The topological polar surface area (TPSA) is 37.3 Å². The van der Waals surface area contributed by atoms with E-state index in [0.717, 1.165) is 5.56 Å². The maximum atomic E-state index is 12.0. The first-order valence-corrected chi connectivity index (χ1v) is 5.35. The Labute approximate surface area is 94.9 Å². The number of aliphatic hydroxyl groups is 1. The van der Waals surface area contributed by atoms with Crippen molar-refractivity contribution in [2.75, 3.05) is 0 Å². The molecule has 1 aromatic carbocycles. The van der Waals surface area contributed by atoms with Gasteiger partial charge in [-0.1, -0.05) is 48.6 Å². The lowest BCUT2D eigenvalue weighted by Gasteiger charge is -2.23. The molecule has 0 spiro atoms. The zero-order valence-corrected chi connectivity index (χ0v) is 8.97. The molecule has 0 fully saturated rings. The van der Waals surface area contributed by atoms with Gasteiger partial charge in [-0.05, 0) is 11.6 Å². The number of ketones is 1. The van der Waals surface area contributed by atoms with Crippen molar-refractivity contribution in [3.05, 3.63) is 60.2 Å². The number of carbonyl (C=O) groups is 1. The molecule has 2 heteroatoms. The summed E-state index contributed by atoms with van der Waals surface area (Å²) in [5, 5.41) is 10.1. The highest BCUT2D eigenvalue weighted by Gasteiger charge is 2.31. The van der Waals surface area contributed by atoms with Gasteiger partial charge in [-0.3, -0.25) is 4.79 Å². The predicted molar refractivity (Wildman–Crippen MR) is 63.0 cm³/mol. The molecule has 0 aliphatic heterocycles. The highest BCUT2D eigenvalue weighted by Crippen LogP contribution is 2.20. The normalized spacial score (nSPS) is 23.3. The van der Waals surface area contributed by atoms with Crippen molar-refractivity contribution >= 4 is 5.78 Å². The van der Waals surface area contributed by atoms with E-state index >= 15 is 0 Å². The van der Waals surface area contributed by atoms with Crippen LogP contribution in [0.1, 0.15) is 12.0 Å². The van der Waals surface area contributed by atoms with Gasteiger partial charge in [0.05, 0.1) is 0 Å². The summed E-state index contributed by atoms with van der Waals surface area (Å²) in [5.74, 6) is -0.153. The van der Waals surface area contributed by atoms with E-state index < -0.39 is 5.60 Å². The van der Waals surface area contributed by atoms with Gasteiger partial charge in [0.25, 0.3) is 0 Å². The van der Waals surface area contributed by atoms with E-state index in [9.17, 15) is 9.90 Å². The summed E-state index contributed by atoms with van der Waals surface area (Å²) in [4.78, 5) is 12.0. The highest BCUT2D eigenvalue weighted by molar-refractivity contribution is 5.91. The summed E-state index contributed by atoms with van der Waals surface area (Å²) >= 11 is 0. The largest absolute Gasteiger partial charge is 0.378 e. The van der Waals surface area contributed by atoms with Crippen LogP contribution in [0.3, 0.4) is 0 Å². The SMILES string of the molecule is O=C(Cc1ccccc1)C1(O)C=CC=CC1. The maximum absolute atomic E-state index is 12.0. The minimum absolute atomic E-state index is 0.153. The average Bonchev–Trinajstić information content (AvgIpc) is 2.31. The van der Waals surface area contributed by atoms with Gasteiger partial charge in [0.1, 0.15) is 5.60 Å². The molecule has 1 aromatic rings. The molecule has 0 radical (unpaired) electrons. The molecule has 1 aliphatic rings. The number of hydrogen-bond acceptors (Lipinski definition) is 2. The zero-order chi connectivity index (χ0) is 11.4. The first-order valence-electron chi connectivity index (χ1n) is 5.35. The molecule has 0 saturated heterocycles. The third-order valence-electron chi connectivity index (χ3n) is 2.74. The fourth-order valence-electron chi connectivity index (χ4n) is 1.75. The summed E-state index contributed by atoms with van der Waals surface area (Å²) in [7, 11) is 0. The monoisotopic (exact) mass is 214 g/mol. The number of hydrogen-bond donors (Lipinski definition) is 1. The fourth-order valence-corrected chi connectivity index (χ4v) is 1.75. The molecule has 2 rings (SSSR count). The molecule has 16 heavy (non-hydrogen) atoms. The molecule has 82 valence electrons. The predicted octanol–water partition coefficient (Wildman–Crippen LogP) is 2.05. The smallest absolute Gasteiger partial charge is 0.172 e. The van der Waals surface area contributed by atoms with Crippen LogP contribution in [0, 0.1) is 0 Å². The van der Waals surface area contributed by atoms with E-state index in [1.807, 2.05) is 42.5 Å². The minimum atomic E-state index is -1.31. The van der Waals surface area contributed by atoms with Crippen molar-refractivity contribution in [3.8, 4) is 0 Å². The lowest BCUT2D eigenvalue weighted by molar-refractivity contribution is -0.132. The Balaban J connectivity index is 2.09. The third kappa shape index (κ3) is 2.28. The van der Waals surface area contributed by atoms with Gasteiger partial charge in [-0.15, -0.1) is 0 Å². The van der Waals surface area contributed by atoms with Crippen LogP contribution in [0.25, 0.3) is 0 Å². The molecule has 0 heterocycles. The standard InChI is InChI=1S/C14H14O2/c15-13(11-12-7-3-1-4-8-12)14(16)9-5-2-6-10-14/h1-9,16H,10-11H2. The number of Topliss-reactive ketones (excluding diaryl/α,β-unsaturated/α-hetero) is 1. The summed E-state index contributed by atoms with van der Waals surface area (Å²) in [5.41, 5.74) is -0.381. The van der Waals surface area contributed by atoms with Crippen molar-refractivity contribution in [3.63, 3.8) is 0 Å². The number of allylic oxidation sites excluding steroid dienone is 2. The van der Waals surface area contributed by atoms with E-state index in [1.165, 1.54) is 0 Å². The first kappa shape index (κ1) is 10.8. The van der Waals surface area contributed by atoms with Crippen LogP contribution in [-0.2, 0) is 11.2 Å². The summed E-state index contributed by atoms with van der Waals surface area (Å²) in [6, 6.07) is 9.48. The van der Waals surface area contributed by atoms with Crippen LogP contribution >= 0.6 is 0 Å². The second kappa shape index (κ2) is 4.45. The van der Waals surface area contributed by atoms with Gasteiger partial charge in [0, 0.05) is 12.8 Å². The van der Waals surface area contributed by atoms with Gasteiger partial charge >= 0.3 is 0 Å². The van der Waals surface area contributed by atoms with Gasteiger partial charge in [-0.25, -0.2) is 0 Å². The van der Waals surface area contributed by atoms with Crippen LogP contribution in [-0.4, -0.2) is 16.5 Å². The van der Waals surface area contributed by atoms with E-state index in [1.54, 1.807) is 12.2 Å². The number of carbonyl (C=O) groups excluding carboxylic acids is 1. The van der Waals surface area contributed by atoms with Crippen LogP contribution in [0.2, 0.25) is 0 Å². The van der Waals surface area contributed by atoms with Crippen LogP contribution < -0.4 is 0 Å². The number of benzene rings is 1. The van der Waals surface area contributed by atoms with Crippen LogP contribution in [0.4, 0.5) is 0 Å². The minimum Gasteiger partial charge on any atom is -0.378 e. The molecule has 2 nitrogen and oxygen atoms in total. The molecular weight excluding hydrogens is 200 g/mol. The molecule has 0 aromatic heterocycles. The molecule has 0 amide bonds. The Hall–Kier alpha value is -1.67. The summed E-state index contributed by atoms with van der Waals surface area (Å²) < 4.78 is 0. The second-order valence-electron chi connectivity index (χ2n) is 4.00. The molecule has 1 unspecified atom stereocenters. The van der Waals surface area contributed by atoms with Crippen molar-refractivity contribution in [2.24, 2.45) is 0 Å². The Bertz CT molecular complexity index is 431. The third-order valence-corrected chi connectivity index (χ3v) is 2.74. The van der Waals surface area contributed by atoms with Gasteiger partial charge in [-0.2, -0.15) is 0 Å². The molecular formula is C14H14O2. The van der Waals surface area contributed by atoms with Gasteiger partial charge in [0.15, 0.2) is 5.78 Å². The highest BCUT2D eigenvalue weighted by atomic mass is 16.3. The lowest BCUT2D eigenvalue weighted by atomic mass is 9.87. The van der Waals surface area contributed by atoms with Crippen molar-refractivity contribution in [1.82, 2.24) is 0 Å². The summed E-state index contributed by atoms with van der Waals surface area (Å²) in [6.45, 7) is 0. The number of rotatable bonds is 3. The maximum Gasteiger partial charge on any atom is 0.172 e. The van der Waals surface area contributed by atoms with Gasteiger partial charge in [0.2, 0.25) is 0 Å². The van der Waals surface area contributed by atoms with Crippen molar-refractivity contribution in [1.29, 1.82) is 0 Å². The van der Waals surface area contributed by atoms with Gasteiger partial charge < -0.3 is 5.11 Å². The van der Waals surface area contributed by atoms with Crippen molar-refractivity contribution < 1.29 is 9.90 Å². The molecule has 1 aliphatic carbocycles. The Morgan fingerprint density at radius 2 is 2.00 bits per heavy atom. The van der Waals surface area contributed by atoms with E-state index in [-0.39, 0.29) is 12.2 Å². The van der Waals surface area contributed by atoms with E-state index in [2.05, 4.69) is 0 Å². The Morgan fingerprint density at radius 1 is 1.25 bits per heavy atom. The summed E-state index contributed by atoms with van der Waals surface area (Å²) in [6.07, 6.45) is 7.57. The first-order chi connectivity index (χ1) is 7.71. The van der Waals surface area contributed by atoms with Crippen LogP contribution in [0.5, 0.6) is 0 Å². The fraction of sp³-hybridized carbons (Fsp3) is 0.214. The zero-order valence-electron chi connectivity index (χ0n) is 8.97. The average molecular weight is 214 g/mol. The Kier molecular flexibility index (Phi) is 3.02. The quantitative estimate of drug-likeness (QED) is 0.836. The molecule has 0 bridgehead atoms. The van der Waals surface area contributed by atoms with Crippen molar-refractivity contribution in [2.45, 2.75) is 18.4 Å². The lowest BCUT2D eigenvalue weighted by Crippen LogP contribution is -2.37. The van der Waals surface area contributed by atoms with Crippen LogP contribution in [0.15, 0.2) is 54.6 Å². The Morgan fingerprint density at radius 3 is 2.62 bits per heavy atom. The molecule has 1 atom stereocenters. The van der Waals surface area contributed by atoms with E-state index in [0.29, 0.717) is 6.42 Å².